The van der Waals surface area contributed by atoms with E-state index in [0.717, 1.165) is 0 Å². The fraction of sp³-hybridized carbons (Fsp3) is 0.520. The molecule has 1 aliphatic heterocycles. The van der Waals surface area contributed by atoms with Gasteiger partial charge < -0.3 is 14.8 Å². The van der Waals surface area contributed by atoms with Crippen LogP contribution in [0.2, 0.25) is 0 Å². The van der Waals surface area contributed by atoms with Crippen LogP contribution in [0.15, 0.2) is 24.3 Å². The second-order valence-corrected chi connectivity index (χ2v) is 9.17. The number of nitrogens with zero attached hydrogens (tertiary/aromatic N) is 2. The Labute approximate surface area is 211 Å². The van der Waals surface area contributed by atoms with E-state index in [-0.39, 0.29) is 36.2 Å². The van der Waals surface area contributed by atoms with Crippen LogP contribution in [-0.2, 0) is 23.6 Å². The minimum atomic E-state index is -4.94. The molecule has 3 rings (SSSR count). The SMILES string of the molecule is CCC1CC(NCc2cc(C(F)(F)F)cc(C(F)(F)F)c2)c2nc(OC)c(C)cc2N1C(=O)OC(C)C. The number of methoxy groups -OCH3 is 1. The molecule has 0 fully saturated rings. The van der Waals surface area contributed by atoms with Crippen molar-refractivity contribution in [2.45, 2.75) is 77.6 Å². The molecule has 2 atom stereocenters. The first-order valence-corrected chi connectivity index (χ1v) is 11.7. The molecule has 2 unspecified atom stereocenters. The normalized spacial score (nSPS) is 18.1. The highest BCUT2D eigenvalue weighted by Gasteiger charge is 2.39. The van der Waals surface area contributed by atoms with Crippen LogP contribution in [0.25, 0.3) is 0 Å². The Bertz CT molecular complexity index is 1100. The van der Waals surface area contributed by atoms with Gasteiger partial charge in [-0.05, 0) is 63.4 Å². The standard InChI is InChI=1S/C25H29F6N3O3/c1-6-18-11-19(32-12-15-8-16(24(26,27)28)10-17(9-15)25(29,30)31)21-20(7-14(4)22(33-21)36-5)34(18)23(35)37-13(2)3/h7-10,13,18-19,32H,6,11-12H2,1-5H3. The molecule has 0 spiro atoms. The molecule has 0 radical (unpaired) electrons. The fourth-order valence-electron chi connectivity index (χ4n) is 4.33. The summed E-state index contributed by atoms with van der Waals surface area (Å²) < 4.78 is 90.5. The van der Waals surface area contributed by atoms with Crippen LogP contribution in [0.1, 0.15) is 67.6 Å². The number of hydrogen-bond donors (Lipinski definition) is 1. The number of alkyl halides is 6. The third-order valence-corrected chi connectivity index (χ3v) is 6.04. The molecule has 0 saturated heterocycles. The van der Waals surface area contributed by atoms with Gasteiger partial charge in [0.05, 0.1) is 41.8 Å². The van der Waals surface area contributed by atoms with Crippen molar-refractivity contribution in [2.75, 3.05) is 12.0 Å². The number of ether oxygens (including phenoxy) is 2. The monoisotopic (exact) mass is 533 g/mol. The maximum Gasteiger partial charge on any atom is 0.416 e. The summed E-state index contributed by atoms with van der Waals surface area (Å²) in [4.78, 5) is 19.0. The molecule has 37 heavy (non-hydrogen) atoms. The molecule has 1 aliphatic rings. The van der Waals surface area contributed by atoms with Crippen LogP contribution in [0.3, 0.4) is 0 Å². The number of benzene rings is 1. The van der Waals surface area contributed by atoms with Crippen molar-refractivity contribution >= 4 is 11.8 Å². The summed E-state index contributed by atoms with van der Waals surface area (Å²) in [5.74, 6) is 0.288. The number of halogens is 6. The number of rotatable bonds is 6. The van der Waals surface area contributed by atoms with Gasteiger partial charge in [0.25, 0.3) is 0 Å². The molecule has 0 saturated carbocycles. The van der Waals surface area contributed by atoms with Crippen molar-refractivity contribution in [2.24, 2.45) is 0 Å². The van der Waals surface area contributed by atoms with E-state index >= 15 is 0 Å². The predicted octanol–water partition coefficient (Wildman–Crippen LogP) is 6.80. The van der Waals surface area contributed by atoms with Crippen LogP contribution in [-0.4, -0.2) is 30.3 Å². The Balaban J connectivity index is 2.01. The van der Waals surface area contributed by atoms with Gasteiger partial charge in [-0.1, -0.05) is 6.92 Å². The first-order chi connectivity index (χ1) is 17.1. The van der Waals surface area contributed by atoms with Gasteiger partial charge in [-0.2, -0.15) is 26.3 Å². The number of carbonyl (C=O) groups excluding carboxylic acids is 1. The minimum Gasteiger partial charge on any atom is -0.481 e. The third kappa shape index (κ3) is 6.46. The lowest BCUT2D eigenvalue weighted by molar-refractivity contribution is -0.143. The summed E-state index contributed by atoms with van der Waals surface area (Å²) in [6.07, 6.45) is -9.99. The number of carbonyl (C=O) groups is 1. The van der Waals surface area contributed by atoms with Gasteiger partial charge in [0.2, 0.25) is 5.88 Å². The molecule has 2 heterocycles. The minimum absolute atomic E-state index is 0.0972. The van der Waals surface area contributed by atoms with E-state index in [9.17, 15) is 31.1 Å². The molecule has 6 nitrogen and oxygen atoms in total. The van der Waals surface area contributed by atoms with Crippen molar-refractivity contribution in [1.82, 2.24) is 10.3 Å². The van der Waals surface area contributed by atoms with Gasteiger partial charge >= 0.3 is 18.4 Å². The average Bonchev–Trinajstić information content (AvgIpc) is 2.79. The van der Waals surface area contributed by atoms with E-state index in [2.05, 4.69) is 10.3 Å². The largest absolute Gasteiger partial charge is 0.481 e. The van der Waals surface area contributed by atoms with E-state index in [1.165, 1.54) is 12.0 Å². The lowest BCUT2D eigenvalue weighted by Crippen LogP contribution is -2.47. The zero-order chi connectivity index (χ0) is 27.7. The van der Waals surface area contributed by atoms with E-state index in [4.69, 9.17) is 9.47 Å². The number of anilines is 1. The highest BCUT2D eigenvalue weighted by molar-refractivity contribution is 5.90. The molecule has 0 aliphatic carbocycles. The molecule has 12 heteroatoms. The fourth-order valence-corrected chi connectivity index (χ4v) is 4.33. The molecule has 204 valence electrons. The second kappa shape index (κ2) is 10.8. The first-order valence-electron chi connectivity index (χ1n) is 11.7. The Morgan fingerprint density at radius 3 is 2.19 bits per heavy atom. The number of aryl methyl sites for hydroxylation is 1. The van der Waals surface area contributed by atoms with E-state index in [0.29, 0.717) is 41.9 Å². The maximum absolute atomic E-state index is 13.3. The van der Waals surface area contributed by atoms with Gasteiger partial charge in [0, 0.05) is 18.2 Å². The Morgan fingerprint density at radius 2 is 1.70 bits per heavy atom. The van der Waals surface area contributed by atoms with Gasteiger partial charge in [0.15, 0.2) is 0 Å². The zero-order valence-electron chi connectivity index (χ0n) is 21.0. The first kappa shape index (κ1) is 28.5. The predicted molar refractivity (Wildman–Crippen MR) is 124 cm³/mol. The number of pyridine rings is 1. The molecule has 1 aromatic carbocycles. The summed E-state index contributed by atoms with van der Waals surface area (Å²) in [6, 6.07) is 2.27. The molecule has 1 aromatic heterocycles. The van der Waals surface area contributed by atoms with Crippen LogP contribution in [0, 0.1) is 6.92 Å². The van der Waals surface area contributed by atoms with Gasteiger partial charge in [0.1, 0.15) is 0 Å². The summed E-state index contributed by atoms with van der Waals surface area (Å²) in [5.41, 5.74) is -1.47. The summed E-state index contributed by atoms with van der Waals surface area (Å²) in [5, 5.41) is 3.06. The van der Waals surface area contributed by atoms with Gasteiger partial charge in [-0.3, -0.25) is 4.90 Å². The van der Waals surface area contributed by atoms with Gasteiger partial charge in [-0.15, -0.1) is 0 Å². The highest BCUT2D eigenvalue weighted by atomic mass is 19.4. The Kier molecular flexibility index (Phi) is 8.31. The van der Waals surface area contributed by atoms with Gasteiger partial charge in [-0.25, -0.2) is 9.78 Å². The quantitative estimate of drug-likeness (QED) is 0.414. The smallest absolute Gasteiger partial charge is 0.416 e. The molecule has 0 bridgehead atoms. The number of hydrogen-bond acceptors (Lipinski definition) is 5. The number of amides is 1. The summed E-state index contributed by atoms with van der Waals surface area (Å²) in [7, 11) is 1.42. The average molecular weight is 534 g/mol. The number of aromatic nitrogens is 1. The number of nitrogens with one attached hydrogen (secondary N) is 1. The van der Waals surface area contributed by atoms with Crippen molar-refractivity contribution in [3.05, 3.63) is 52.2 Å². The summed E-state index contributed by atoms with van der Waals surface area (Å²) in [6.45, 7) is 6.76. The van der Waals surface area contributed by atoms with Crippen molar-refractivity contribution in [3.63, 3.8) is 0 Å². The molecular weight excluding hydrogens is 504 g/mol. The summed E-state index contributed by atoms with van der Waals surface area (Å²) >= 11 is 0. The van der Waals surface area contributed by atoms with Crippen LogP contribution >= 0.6 is 0 Å². The van der Waals surface area contributed by atoms with Crippen molar-refractivity contribution in [3.8, 4) is 5.88 Å². The molecule has 1 N–H and O–H groups in total. The molecule has 1 amide bonds. The van der Waals surface area contributed by atoms with Crippen LogP contribution < -0.4 is 15.0 Å². The third-order valence-electron chi connectivity index (χ3n) is 6.04. The molecule has 2 aromatic rings. The van der Waals surface area contributed by atoms with Crippen molar-refractivity contribution in [1.29, 1.82) is 0 Å². The van der Waals surface area contributed by atoms with Crippen LogP contribution in [0.5, 0.6) is 5.88 Å². The zero-order valence-corrected chi connectivity index (χ0v) is 21.0. The lowest BCUT2D eigenvalue weighted by Gasteiger charge is -2.40. The lowest BCUT2D eigenvalue weighted by atomic mass is 9.92. The topological polar surface area (TPSA) is 63.7 Å². The van der Waals surface area contributed by atoms with Crippen molar-refractivity contribution < 1.29 is 40.6 Å². The second-order valence-electron chi connectivity index (χ2n) is 9.17. The highest BCUT2D eigenvalue weighted by Crippen LogP contribution is 2.41. The van der Waals surface area contributed by atoms with E-state index in [1.54, 1.807) is 26.8 Å². The Morgan fingerprint density at radius 1 is 1.11 bits per heavy atom. The van der Waals surface area contributed by atoms with E-state index < -0.39 is 35.6 Å². The number of fused-ring (bicyclic) bond motifs is 1. The molecular formula is C25H29F6N3O3. The Hall–Kier alpha value is -3.02. The maximum atomic E-state index is 13.3. The van der Waals surface area contributed by atoms with E-state index in [1.807, 2.05) is 6.92 Å². The van der Waals surface area contributed by atoms with Crippen LogP contribution in [0.4, 0.5) is 36.8 Å².